The molecule has 0 aromatic rings. The maximum absolute atomic E-state index is 5.31. The predicted octanol–water partition coefficient (Wildman–Crippen LogP) is 2.18. The summed E-state index contributed by atoms with van der Waals surface area (Å²) in [6, 6.07) is 0.872. The lowest BCUT2D eigenvalue weighted by Crippen LogP contribution is -2.35. The van der Waals surface area contributed by atoms with Crippen LogP contribution in [0.3, 0.4) is 0 Å². The Bertz CT molecular complexity index is 164. The van der Waals surface area contributed by atoms with Crippen LogP contribution in [0.15, 0.2) is 0 Å². The number of terminal acetylenes is 1. The van der Waals surface area contributed by atoms with Gasteiger partial charge in [-0.25, -0.2) is 0 Å². The third-order valence-corrected chi connectivity index (χ3v) is 2.54. The summed E-state index contributed by atoms with van der Waals surface area (Å²) in [5, 5.41) is 3.45. The summed E-state index contributed by atoms with van der Waals surface area (Å²) in [5.41, 5.74) is 0. The van der Waals surface area contributed by atoms with Crippen LogP contribution in [0.25, 0.3) is 0 Å². The largest absolute Gasteiger partial charge is 0.301 e. The van der Waals surface area contributed by atoms with Gasteiger partial charge in [0, 0.05) is 6.04 Å². The van der Waals surface area contributed by atoms with Gasteiger partial charge in [-0.15, -0.1) is 6.42 Å². The van der Waals surface area contributed by atoms with Crippen LogP contribution in [0, 0.1) is 18.3 Å². The molecule has 1 rings (SSSR count). The SMILES string of the molecule is C#CC(C)NC(CC)CC1CC1. The van der Waals surface area contributed by atoms with E-state index in [9.17, 15) is 0 Å². The quantitative estimate of drug-likeness (QED) is 0.616. The van der Waals surface area contributed by atoms with Gasteiger partial charge in [-0.3, -0.25) is 0 Å². The fourth-order valence-corrected chi connectivity index (χ4v) is 1.51. The van der Waals surface area contributed by atoms with Crippen molar-refractivity contribution in [1.29, 1.82) is 0 Å². The molecule has 0 bridgehead atoms. The Kier molecular flexibility index (Phi) is 3.62. The summed E-state index contributed by atoms with van der Waals surface area (Å²) in [6.07, 6.45) is 10.7. The highest BCUT2D eigenvalue weighted by Gasteiger charge is 2.24. The third-order valence-electron chi connectivity index (χ3n) is 2.54. The average Bonchev–Trinajstić information content (AvgIpc) is 2.86. The van der Waals surface area contributed by atoms with Crippen molar-refractivity contribution >= 4 is 0 Å². The van der Waals surface area contributed by atoms with E-state index in [1.165, 1.54) is 25.7 Å². The molecular formula is C11H19N. The molecule has 0 spiro atoms. The minimum atomic E-state index is 0.230. The lowest BCUT2D eigenvalue weighted by Gasteiger charge is -2.18. The van der Waals surface area contributed by atoms with Crippen molar-refractivity contribution in [3.8, 4) is 12.3 Å². The van der Waals surface area contributed by atoms with Crippen molar-refractivity contribution in [3.63, 3.8) is 0 Å². The maximum Gasteiger partial charge on any atom is 0.0660 e. The Morgan fingerprint density at radius 1 is 1.58 bits per heavy atom. The molecule has 12 heavy (non-hydrogen) atoms. The van der Waals surface area contributed by atoms with Crippen molar-refractivity contribution in [2.24, 2.45) is 5.92 Å². The Morgan fingerprint density at radius 2 is 2.25 bits per heavy atom. The lowest BCUT2D eigenvalue weighted by atomic mass is 10.1. The molecule has 0 amide bonds. The standard InChI is InChI=1S/C11H19N/c1-4-9(3)12-11(5-2)8-10-6-7-10/h1,9-12H,5-8H2,2-3H3. The normalized spacial score (nSPS) is 21.4. The van der Waals surface area contributed by atoms with E-state index >= 15 is 0 Å². The lowest BCUT2D eigenvalue weighted by molar-refractivity contribution is 0.432. The highest BCUT2D eigenvalue weighted by molar-refractivity contribution is 4.97. The van der Waals surface area contributed by atoms with E-state index in [1.54, 1.807) is 0 Å². The number of rotatable bonds is 5. The smallest absolute Gasteiger partial charge is 0.0660 e. The molecule has 0 radical (unpaired) electrons. The molecule has 1 aliphatic carbocycles. The Morgan fingerprint density at radius 3 is 2.67 bits per heavy atom. The second kappa shape index (κ2) is 4.52. The molecule has 1 saturated carbocycles. The molecule has 1 nitrogen and oxygen atoms in total. The fraction of sp³-hybridized carbons (Fsp3) is 0.818. The molecule has 1 fully saturated rings. The van der Waals surface area contributed by atoms with Crippen molar-refractivity contribution in [2.75, 3.05) is 0 Å². The first kappa shape index (κ1) is 9.61. The van der Waals surface area contributed by atoms with Gasteiger partial charge in [-0.05, 0) is 25.7 Å². The van der Waals surface area contributed by atoms with Crippen LogP contribution in [0.5, 0.6) is 0 Å². The number of hydrogen-bond donors (Lipinski definition) is 1. The van der Waals surface area contributed by atoms with E-state index in [-0.39, 0.29) is 6.04 Å². The van der Waals surface area contributed by atoms with Crippen LogP contribution in [0.1, 0.15) is 39.5 Å². The molecule has 0 aliphatic heterocycles. The van der Waals surface area contributed by atoms with E-state index in [2.05, 4.69) is 25.1 Å². The zero-order valence-corrected chi connectivity index (χ0v) is 8.14. The summed E-state index contributed by atoms with van der Waals surface area (Å²) >= 11 is 0. The predicted molar refractivity (Wildman–Crippen MR) is 52.9 cm³/mol. The summed E-state index contributed by atoms with van der Waals surface area (Å²) in [5.74, 6) is 3.71. The van der Waals surface area contributed by atoms with Gasteiger partial charge in [-0.1, -0.05) is 25.7 Å². The minimum absolute atomic E-state index is 0.230. The molecule has 0 aromatic heterocycles. The topological polar surface area (TPSA) is 12.0 Å². The van der Waals surface area contributed by atoms with Crippen LogP contribution in [-0.2, 0) is 0 Å². The van der Waals surface area contributed by atoms with Crippen LogP contribution in [0.4, 0.5) is 0 Å². The molecule has 1 heteroatoms. The Labute approximate surface area is 75.9 Å². The number of nitrogens with one attached hydrogen (secondary N) is 1. The molecule has 2 unspecified atom stereocenters. The highest BCUT2D eigenvalue weighted by Crippen LogP contribution is 2.34. The van der Waals surface area contributed by atoms with E-state index < -0.39 is 0 Å². The van der Waals surface area contributed by atoms with Crippen LogP contribution >= 0.6 is 0 Å². The summed E-state index contributed by atoms with van der Waals surface area (Å²) in [4.78, 5) is 0. The zero-order chi connectivity index (χ0) is 8.97. The minimum Gasteiger partial charge on any atom is -0.301 e. The Hall–Kier alpha value is -0.480. The zero-order valence-electron chi connectivity index (χ0n) is 8.14. The van der Waals surface area contributed by atoms with E-state index in [1.807, 2.05) is 0 Å². The van der Waals surface area contributed by atoms with Crippen LogP contribution < -0.4 is 5.32 Å². The first-order valence-electron chi connectivity index (χ1n) is 4.98. The van der Waals surface area contributed by atoms with Gasteiger partial charge in [0.2, 0.25) is 0 Å². The van der Waals surface area contributed by atoms with Crippen LogP contribution in [0.2, 0.25) is 0 Å². The fourth-order valence-electron chi connectivity index (χ4n) is 1.51. The van der Waals surface area contributed by atoms with Gasteiger partial charge in [0.05, 0.1) is 6.04 Å². The summed E-state index contributed by atoms with van der Waals surface area (Å²) in [6.45, 7) is 4.28. The van der Waals surface area contributed by atoms with Gasteiger partial charge in [0.25, 0.3) is 0 Å². The van der Waals surface area contributed by atoms with Crippen molar-refractivity contribution in [1.82, 2.24) is 5.32 Å². The van der Waals surface area contributed by atoms with E-state index in [0.717, 1.165) is 5.92 Å². The monoisotopic (exact) mass is 165 g/mol. The van der Waals surface area contributed by atoms with Gasteiger partial charge in [0.15, 0.2) is 0 Å². The second-order valence-corrected chi connectivity index (χ2v) is 3.84. The summed E-state index contributed by atoms with van der Waals surface area (Å²) in [7, 11) is 0. The Balaban J connectivity index is 2.19. The molecule has 1 N–H and O–H groups in total. The molecule has 68 valence electrons. The van der Waals surface area contributed by atoms with Gasteiger partial charge < -0.3 is 5.32 Å². The highest BCUT2D eigenvalue weighted by atomic mass is 14.9. The van der Waals surface area contributed by atoms with Gasteiger partial charge in [-0.2, -0.15) is 0 Å². The van der Waals surface area contributed by atoms with E-state index in [4.69, 9.17) is 6.42 Å². The van der Waals surface area contributed by atoms with E-state index in [0.29, 0.717) is 6.04 Å². The van der Waals surface area contributed by atoms with Crippen LogP contribution in [-0.4, -0.2) is 12.1 Å². The number of hydrogen-bond acceptors (Lipinski definition) is 1. The average molecular weight is 165 g/mol. The molecule has 0 saturated heterocycles. The third kappa shape index (κ3) is 3.28. The van der Waals surface area contributed by atoms with Gasteiger partial charge >= 0.3 is 0 Å². The molecule has 1 aliphatic rings. The maximum atomic E-state index is 5.31. The van der Waals surface area contributed by atoms with Crippen molar-refractivity contribution < 1.29 is 0 Å². The molecule has 2 atom stereocenters. The summed E-state index contributed by atoms with van der Waals surface area (Å²) < 4.78 is 0. The first-order chi connectivity index (χ1) is 5.76. The van der Waals surface area contributed by atoms with Crippen molar-refractivity contribution in [3.05, 3.63) is 0 Å². The van der Waals surface area contributed by atoms with Crippen molar-refractivity contribution in [2.45, 2.75) is 51.6 Å². The molecule has 0 heterocycles. The second-order valence-electron chi connectivity index (χ2n) is 3.84. The first-order valence-corrected chi connectivity index (χ1v) is 4.98. The molecule has 0 aromatic carbocycles. The molecular weight excluding hydrogens is 146 g/mol. The van der Waals surface area contributed by atoms with Gasteiger partial charge in [0.1, 0.15) is 0 Å².